The van der Waals surface area contributed by atoms with E-state index in [1.54, 1.807) is 6.07 Å². The van der Waals surface area contributed by atoms with Gasteiger partial charge in [0.1, 0.15) is 0 Å². The van der Waals surface area contributed by atoms with E-state index in [2.05, 4.69) is 21.2 Å². The highest BCUT2D eigenvalue weighted by atomic mass is 79.9. The molecule has 2 rings (SSSR count). The van der Waals surface area contributed by atoms with E-state index < -0.39 is 0 Å². The second-order valence-corrected chi connectivity index (χ2v) is 4.83. The molecule has 0 bridgehead atoms. The molecule has 1 amide bonds. The van der Waals surface area contributed by atoms with Gasteiger partial charge in [-0.2, -0.15) is 0 Å². The van der Waals surface area contributed by atoms with Crippen molar-refractivity contribution in [2.45, 2.75) is 19.3 Å². The van der Waals surface area contributed by atoms with Crippen LogP contribution >= 0.6 is 27.5 Å². The lowest BCUT2D eigenvalue weighted by Crippen LogP contribution is -2.21. The van der Waals surface area contributed by atoms with Crippen LogP contribution in [0.25, 0.3) is 0 Å². The van der Waals surface area contributed by atoms with Crippen molar-refractivity contribution in [3.05, 3.63) is 27.2 Å². The number of nitrogens with one attached hydrogen (secondary N) is 1. The Morgan fingerprint density at radius 3 is 3.00 bits per heavy atom. The molecule has 1 unspecified atom stereocenters. The molecule has 1 aliphatic rings. The quantitative estimate of drug-likeness (QED) is 0.770. The molecular formula is C10H9BrClNO. The smallest absolute Gasteiger partial charge is 0.225 e. The Morgan fingerprint density at radius 2 is 2.29 bits per heavy atom. The van der Waals surface area contributed by atoms with Gasteiger partial charge in [-0.05, 0) is 23.6 Å². The lowest BCUT2D eigenvalue weighted by molar-refractivity contribution is -0.116. The maximum absolute atomic E-state index is 11.3. The van der Waals surface area contributed by atoms with Crippen LogP contribution in [-0.2, 0) is 4.79 Å². The predicted molar refractivity (Wildman–Crippen MR) is 60.8 cm³/mol. The van der Waals surface area contributed by atoms with Crippen molar-refractivity contribution in [1.82, 2.24) is 0 Å². The van der Waals surface area contributed by atoms with Crippen LogP contribution < -0.4 is 5.32 Å². The van der Waals surface area contributed by atoms with Crippen LogP contribution in [0.15, 0.2) is 16.6 Å². The van der Waals surface area contributed by atoms with Crippen LogP contribution in [0.3, 0.4) is 0 Å². The fourth-order valence-corrected chi connectivity index (χ4v) is 2.57. The van der Waals surface area contributed by atoms with Crippen LogP contribution in [-0.4, -0.2) is 5.91 Å². The Balaban J connectivity index is 2.58. The number of carbonyl (C=O) groups excluding carboxylic acids is 1. The molecule has 1 N–H and O–H groups in total. The van der Waals surface area contributed by atoms with E-state index in [4.69, 9.17) is 11.6 Å². The van der Waals surface area contributed by atoms with Crippen molar-refractivity contribution in [1.29, 1.82) is 0 Å². The van der Waals surface area contributed by atoms with Crippen LogP contribution in [0.5, 0.6) is 0 Å². The Bertz CT molecular complexity index is 405. The van der Waals surface area contributed by atoms with Gasteiger partial charge in [0.05, 0.1) is 10.7 Å². The van der Waals surface area contributed by atoms with Gasteiger partial charge in [0.25, 0.3) is 0 Å². The number of fused-ring (bicyclic) bond motifs is 1. The minimum Gasteiger partial charge on any atom is -0.325 e. The largest absolute Gasteiger partial charge is 0.325 e. The van der Waals surface area contributed by atoms with Gasteiger partial charge >= 0.3 is 0 Å². The summed E-state index contributed by atoms with van der Waals surface area (Å²) in [6.07, 6.45) is 0.528. The second kappa shape index (κ2) is 3.55. The molecule has 1 atom stereocenters. The van der Waals surface area contributed by atoms with Crippen molar-refractivity contribution < 1.29 is 4.79 Å². The lowest BCUT2D eigenvalue weighted by atomic mass is 9.92. The number of halogens is 2. The van der Waals surface area contributed by atoms with E-state index in [9.17, 15) is 4.79 Å². The molecular weight excluding hydrogens is 265 g/mol. The fraction of sp³-hybridized carbons (Fsp3) is 0.300. The van der Waals surface area contributed by atoms with Gasteiger partial charge in [0, 0.05) is 10.9 Å². The van der Waals surface area contributed by atoms with Crippen molar-refractivity contribution in [2.75, 3.05) is 5.32 Å². The topological polar surface area (TPSA) is 29.1 Å². The Kier molecular flexibility index (Phi) is 2.54. The first-order valence-electron chi connectivity index (χ1n) is 4.36. The number of amides is 1. The Hall–Kier alpha value is -0.540. The molecule has 0 radical (unpaired) electrons. The van der Waals surface area contributed by atoms with E-state index in [1.165, 1.54) is 0 Å². The van der Waals surface area contributed by atoms with Crippen LogP contribution in [0.1, 0.15) is 24.8 Å². The van der Waals surface area contributed by atoms with E-state index in [0.717, 1.165) is 15.7 Å². The monoisotopic (exact) mass is 273 g/mol. The van der Waals surface area contributed by atoms with Crippen LogP contribution in [0, 0.1) is 0 Å². The summed E-state index contributed by atoms with van der Waals surface area (Å²) in [5, 5.41) is 3.39. The third kappa shape index (κ3) is 1.66. The molecule has 1 aliphatic heterocycles. The summed E-state index contributed by atoms with van der Waals surface area (Å²) >= 11 is 9.42. The number of anilines is 1. The molecule has 1 aromatic carbocycles. The van der Waals surface area contributed by atoms with Crippen LogP contribution in [0.2, 0.25) is 5.02 Å². The molecule has 4 heteroatoms. The van der Waals surface area contributed by atoms with Gasteiger partial charge in [0.15, 0.2) is 0 Å². The van der Waals surface area contributed by atoms with Crippen molar-refractivity contribution in [2.24, 2.45) is 0 Å². The first-order chi connectivity index (χ1) is 6.58. The zero-order chi connectivity index (χ0) is 10.3. The molecule has 74 valence electrons. The van der Waals surface area contributed by atoms with Crippen molar-refractivity contribution in [3.63, 3.8) is 0 Å². The van der Waals surface area contributed by atoms with E-state index in [0.29, 0.717) is 11.4 Å². The number of benzene rings is 1. The van der Waals surface area contributed by atoms with Gasteiger partial charge in [-0.3, -0.25) is 4.79 Å². The fourth-order valence-electron chi connectivity index (χ4n) is 1.69. The van der Waals surface area contributed by atoms with Gasteiger partial charge in [0.2, 0.25) is 5.91 Å². The molecule has 0 saturated carbocycles. The SMILES string of the molecule is CC1CC(=O)Nc2c(Cl)cc(Br)cc21. The average molecular weight is 275 g/mol. The number of hydrogen-bond donors (Lipinski definition) is 1. The van der Waals surface area contributed by atoms with Crippen LogP contribution in [0.4, 0.5) is 5.69 Å². The molecule has 1 heterocycles. The van der Waals surface area contributed by atoms with E-state index in [1.807, 2.05) is 13.0 Å². The zero-order valence-corrected chi connectivity index (χ0v) is 9.95. The average Bonchev–Trinajstić information content (AvgIpc) is 2.07. The molecule has 1 aromatic rings. The number of hydrogen-bond acceptors (Lipinski definition) is 1. The molecule has 14 heavy (non-hydrogen) atoms. The summed E-state index contributed by atoms with van der Waals surface area (Å²) in [7, 11) is 0. The maximum atomic E-state index is 11.3. The van der Waals surface area contributed by atoms with Gasteiger partial charge in [-0.25, -0.2) is 0 Å². The highest BCUT2D eigenvalue weighted by Gasteiger charge is 2.23. The van der Waals surface area contributed by atoms with Crippen molar-refractivity contribution in [3.8, 4) is 0 Å². The summed E-state index contributed by atoms with van der Waals surface area (Å²) in [6, 6.07) is 3.80. The Morgan fingerprint density at radius 1 is 1.57 bits per heavy atom. The molecule has 0 aliphatic carbocycles. The van der Waals surface area contributed by atoms with E-state index >= 15 is 0 Å². The highest BCUT2D eigenvalue weighted by molar-refractivity contribution is 9.10. The third-order valence-corrected chi connectivity index (χ3v) is 3.13. The first-order valence-corrected chi connectivity index (χ1v) is 5.54. The summed E-state index contributed by atoms with van der Waals surface area (Å²) in [4.78, 5) is 11.3. The second-order valence-electron chi connectivity index (χ2n) is 3.51. The Labute approximate surface area is 95.8 Å². The lowest BCUT2D eigenvalue weighted by Gasteiger charge is -2.23. The molecule has 0 fully saturated rings. The van der Waals surface area contributed by atoms with Gasteiger partial charge < -0.3 is 5.32 Å². The number of rotatable bonds is 0. The van der Waals surface area contributed by atoms with Gasteiger partial charge in [-0.15, -0.1) is 0 Å². The maximum Gasteiger partial charge on any atom is 0.225 e. The molecule has 0 spiro atoms. The predicted octanol–water partition coefficient (Wildman–Crippen LogP) is 3.55. The highest BCUT2D eigenvalue weighted by Crippen LogP contribution is 2.38. The molecule has 0 saturated heterocycles. The standard InChI is InChI=1S/C10H9BrClNO/c1-5-2-9(14)13-10-7(5)3-6(11)4-8(10)12/h3-5H,2H2,1H3,(H,13,14). The number of carbonyl (C=O) groups is 1. The summed E-state index contributed by atoms with van der Waals surface area (Å²) in [5.41, 5.74) is 1.86. The summed E-state index contributed by atoms with van der Waals surface area (Å²) in [6.45, 7) is 2.03. The first kappa shape index (κ1) is 9.99. The van der Waals surface area contributed by atoms with Gasteiger partial charge in [-0.1, -0.05) is 34.5 Å². The minimum absolute atomic E-state index is 0.0363. The molecule has 0 aromatic heterocycles. The van der Waals surface area contributed by atoms with E-state index in [-0.39, 0.29) is 11.8 Å². The van der Waals surface area contributed by atoms with Crippen molar-refractivity contribution >= 4 is 39.1 Å². The molecule has 2 nitrogen and oxygen atoms in total. The normalized spacial score (nSPS) is 20.2. The summed E-state index contributed by atoms with van der Waals surface area (Å²) < 4.78 is 0.948. The summed E-state index contributed by atoms with van der Waals surface area (Å²) in [5.74, 6) is 0.267. The zero-order valence-electron chi connectivity index (χ0n) is 7.60. The minimum atomic E-state index is 0.0363. The third-order valence-electron chi connectivity index (χ3n) is 2.37.